The Labute approximate surface area is 148 Å². The fourth-order valence-electron chi connectivity index (χ4n) is 4.00. The van der Waals surface area contributed by atoms with E-state index in [1.807, 2.05) is 11.3 Å². The van der Waals surface area contributed by atoms with Gasteiger partial charge in [-0.15, -0.1) is 11.3 Å². The Kier molecular flexibility index (Phi) is 4.25. The summed E-state index contributed by atoms with van der Waals surface area (Å²) in [6.07, 6.45) is 5.86. The Bertz CT molecular complexity index is 712. The van der Waals surface area contributed by atoms with Gasteiger partial charge in [0.15, 0.2) is 5.82 Å². The van der Waals surface area contributed by atoms with Crippen molar-refractivity contribution in [1.29, 1.82) is 0 Å². The summed E-state index contributed by atoms with van der Waals surface area (Å²) in [6, 6.07) is 2.30. The molecule has 1 N–H and O–H groups in total. The number of piperidine rings is 1. The van der Waals surface area contributed by atoms with E-state index < -0.39 is 0 Å². The van der Waals surface area contributed by atoms with E-state index in [0.29, 0.717) is 5.89 Å². The van der Waals surface area contributed by atoms with Crippen LogP contribution < -0.4 is 5.32 Å². The molecule has 0 bridgehead atoms. The molecule has 5 heteroatoms. The molecule has 0 aromatic carbocycles. The molecule has 1 aliphatic heterocycles. The van der Waals surface area contributed by atoms with Gasteiger partial charge in [0, 0.05) is 10.3 Å². The highest BCUT2D eigenvalue weighted by Gasteiger charge is 2.34. The molecule has 130 valence electrons. The molecule has 0 spiro atoms. The van der Waals surface area contributed by atoms with Gasteiger partial charge in [-0.3, -0.25) is 0 Å². The average molecular weight is 346 g/mol. The fraction of sp³-hybridized carbons (Fsp3) is 0.684. The maximum Gasteiger partial charge on any atom is 0.268 e. The molecule has 4 nitrogen and oxygen atoms in total. The predicted octanol–water partition coefficient (Wildman–Crippen LogP) is 4.20. The van der Waals surface area contributed by atoms with E-state index in [0.717, 1.165) is 48.5 Å². The van der Waals surface area contributed by atoms with Crippen molar-refractivity contribution < 1.29 is 4.52 Å². The van der Waals surface area contributed by atoms with Crippen LogP contribution in [0.25, 0.3) is 10.8 Å². The summed E-state index contributed by atoms with van der Waals surface area (Å²) in [5.74, 6) is 3.17. The first-order valence-electron chi connectivity index (χ1n) is 9.22. The lowest BCUT2D eigenvalue weighted by molar-refractivity contribution is 0.303. The number of rotatable bonds is 3. The summed E-state index contributed by atoms with van der Waals surface area (Å²) >= 11 is 1.85. The maximum atomic E-state index is 5.65. The largest absolute Gasteiger partial charge is 0.333 e. The molecule has 3 heterocycles. The molecular weight excluding hydrogens is 318 g/mol. The number of nitrogens with zero attached hydrogens (tertiary/aromatic N) is 2. The molecule has 0 amide bonds. The highest BCUT2D eigenvalue weighted by atomic mass is 32.1. The zero-order chi connectivity index (χ0) is 16.7. The van der Waals surface area contributed by atoms with Crippen LogP contribution in [0.5, 0.6) is 0 Å². The topological polar surface area (TPSA) is 51.0 Å². The van der Waals surface area contributed by atoms with Crippen molar-refractivity contribution in [3.05, 3.63) is 22.3 Å². The zero-order valence-corrected chi connectivity index (χ0v) is 15.7. The smallest absolute Gasteiger partial charge is 0.268 e. The number of aryl methyl sites for hydroxylation is 1. The van der Waals surface area contributed by atoms with Crippen molar-refractivity contribution in [1.82, 2.24) is 15.5 Å². The molecule has 0 saturated carbocycles. The van der Waals surface area contributed by atoms with Gasteiger partial charge in [0.1, 0.15) is 0 Å². The highest BCUT2D eigenvalue weighted by Crippen LogP contribution is 2.39. The molecule has 1 atom stereocenters. The van der Waals surface area contributed by atoms with Crippen molar-refractivity contribution in [3.8, 4) is 10.8 Å². The Morgan fingerprint density at radius 1 is 1.33 bits per heavy atom. The summed E-state index contributed by atoms with van der Waals surface area (Å²) in [4.78, 5) is 7.45. The number of thiophene rings is 1. The normalized spacial score (nSPS) is 23.4. The van der Waals surface area contributed by atoms with Crippen LogP contribution in [0.2, 0.25) is 0 Å². The van der Waals surface area contributed by atoms with Crippen LogP contribution in [0.4, 0.5) is 0 Å². The molecule has 2 aliphatic rings. The van der Waals surface area contributed by atoms with Crippen LogP contribution >= 0.6 is 11.3 Å². The van der Waals surface area contributed by atoms with Gasteiger partial charge in [-0.05, 0) is 68.7 Å². The fourth-order valence-corrected chi connectivity index (χ4v) is 5.13. The van der Waals surface area contributed by atoms with Gasteiger partial charge in [-0.2, -0.15) is 4.98 Å². The highest BCUT2D eigenvalue weighted by molar-refractivity contribution is 7.15. The van der Waals surface area contributed by atoms with E-state index in [1.54, 1.807) is 0 Å². The maximum absolute atomic E-state index is 5.65. The van der Waals surface area contributed by atoms with Crippen LogP contribution in [0, 0.1) is 11.8 Å². The minimum absolute atomic E-state index is 0.0482. The van der Waals surface area contributed by atoms with Gasteiger partial charge in [-0.1, -0.05) is 25.9 Å². The van der Waals surface area contributed by atoms with E-state index in [4.69, 9.17) is 9.51 Å². The van der Waals surface area contributed by atoms with Crippen LogP contribution in [0.3, 0.4) is 0 Å². The lowest BCUT2D eigenvalue weighted by Crippen LogP contribution is -2.38. The van der Waals surface area contributed by atoms with Crippen LogP contribution in [-0.4, -0.2) is 23.2 Å². The van der Waals surface area contributed by atoms with E-state index in [-0.39, 0.29) is 5.41 Å². The quantitative estimate of drug-likeness (QED) is 0.906. The summed E-state index contributed by atoms with van der Waals surface area (Å²) < 4.78 is 5.65. The van der Waals surface area contributed by atoms with Gasteiger partial charge < -0.3 is 9.84 Å². The van der Waals surface area contributed by atoms with Crippen LogP contribution in [0.15, 0.2) is 10.6 Å². The summed E-state index contributed by atoms with van der Waals surface area (Å²) in [7, 11) is 0. The first-order valence-corrected chi connectivity index (χ1v) is 10.0. The standard InChI is InChI=1S/C19H27N3OS/c1-12(2)13-4-5-15-14(10-13)11-16(24-15)17-21-18(22-23-17)19(3)6-8-20-9-7-19/h11-13,20H,4-10H2,1-3H3. The lowest BCUT2D eigenvalue weighted by atomic mass is 9.80. The average Bonchev–Trinajstić information content (AvgIpc) is 3.22. The van der Waals surface area contributed by atoms with Crippen molar-refractivity contribution in [2.75, 3.05) is 13.1 Å². The third kappa shape index (κ3) is 2.93. The molecule has 1 fully saturated rings. The molecule has 1 unspecified atom stereocenters. The molecule has 1 saturated heterocycles. The minimum atomic E-state index is 0.0482. The molecule has 2 aromatic rings. The third-order valence-corrected chi connectivity index (χ3v) is 7.17. The SMILES string of the molecule is CC(C)C1CCc2sc(-c3nc(C4(C)CCNCC4)no3)cc2C1. The second-order valence-corrected chi connectivity index (χ2v) is 9.18. The van der Waals surface area contributed by atoms with Crippen molar-refractivity contribution in [2.24, 2.45) is 11.8 Å². The van der Waals surface area contributed by atoms with Crippen LogP contribution in [-0.2, 0) is 18.3 Å². The lowest BCUT2D eigenvalue weighted by Gasteiger charge is -2.30. The van der Waals surface area contributed by atoms with E-state index >= 15 is 0 Å². The van der Waals surface area contributed by atoms with Crippen LogP contribution in [0.1, 0.15) is 56.3 Å². The Hall–Kier alpha value is -1.20. The van der Waals surface area contributed by atoms with E-state index in [9.17, 15) is 0 Å². The first-order chi connectivity index (χ1) is 11.5. The number of hydrogen-bond donors (Lipinski definition) is 1. The molecule has 1 aliphatic carbocycles. The first kappa shape index (κ1) is 16.3. The summed E-state index contributed by atoms with van der Waals surface area (Å²) in [5, 5.41) is 7.74. The number of nitrogens with one attached hydrogen (secondary N) is 1. The molecule has 0 radical (unpaired) electrons. The number of fused-ring (bicyclic) bond motifs is 1. The summed E-state index contributed by atoms with van der Waals surface area (Å²) in [5.41, 5.74) is 1.56. The monoisotopic (exact) mass is 345 g/mol. The van der Waals surface area contributed by atoms with Crippen molar-refractivity contribution in [2.45, 2.75) is 58.3 Å². The van der Waals surface area contributed by atoms with Crippen molar-refractivity contribution in [3.63, 3.8) is 0 Å². The van der Waals surface area contributed by atoms with Gasteiger partial charge in [-0.25, -0.2) is 0 Å². The summed E-state index contributed by atoms with van der Waals surface area (Å²) in [6.45, 7) is 9.00. The molecule has 2 aromatic heterocycles. The third-order valence-electron chi connectivity index (χ3n) is 5.95. The zero-order valence-electron chi connectivity index (χ0n) is 14.9. The number of hydrogen-bond acceptors (Lipinski definition) is 5. The molecule has 4 rings (SSSR count). The Morgan fingerprint density at radius 2 is 2.12 bits per heavy atom. The predicted molar refractivity (Wildman–Crippen MR) is 97.4 cm³/mol. The van der Waals surface area contributed by atoms with E-state index in [1.165, 1.54) is 29.7 Å². The van der Waals surface area contributed by atoms with Gasteiger partial charge in [0.25, 0.3) is 5.89 Å². The Morgan fingerprint density at radius 3 is 2.88 bits per heavy atom. The second kappa shape index (κ2) is 6.26. The van der Waals surface area contributed by atoms with E-state index in [2.05, 4.69) is 37.3 Å². The molecule has 24 heavy (non-hydrogen) atoms. The van der Waals surface area contributed by atoms with Crippen molar-refractivity contribution >= 4 is 11.3 Å². The number of aromatic nitrogens is 2. The minimum Gasteiger partial charge on any atom is -0.333 e. The Balaban J connectivity index is 1.57. The second-order valence-electron chi connectivity index (χ2n) is 8.04. The van der Waals surface area contributed by atoms with Gasteiger partial charge in [0.2, 0.25) is 0 Å². The van der Waals surface area contributed by atoms with Gasteiger partial charge in [0.05, 0.1) is 4.88 Å². The molecular formula is C19H27N3OS. The van der Waals surface area contributed by atoms with Gasteiger partial charge >= 0.3 is 0 Å².